The first-order valence-corrected chi connectivity index (χ1v) is 4.52. The van der Waals surface area contributed by atoms with Crippen LogP contribution in [0.3, 0.4) is 0 Å². The van der Waals surface area contributed by atoms with Crippen molar-refractivity contribution in [3.8, 4) is 0 Å². The molecule has 0 aliphatic carbocycles. The second-order valence-electron chi connectivity index (χ2n) is 2.90. The molecular weight excluding hydrogens is 234 g/mol. The molecule has 2 N–H and O–H groups in total. The van der Waals surface area contributed by atoms with Gasteiger partial charge in [-0.15, -0.1) is 0 Å². The fraction of sp³-hybridized carbons (Fsp3) is 0.222. The predicted octanol–water partition coefficient (Wildman–Crippen LogP) is 2.12. The maximum Gasteiger partial charge on any atom is 0.125 e. The van der Waals surface area contributed by atoms with Gasteiger partial charge in [-0.05, 0) is 24.6 Å². The van der Waals surface area contributed by atoms with Crippen molar-refractivity contribution in [3.63, 3.8) is 0 Å². The van der Waals surface area contributed by atoms with Crippen molar-refractivity contribution in [1.82, 2.24) is 0 Å². The largest absolute Gasteiger partial charge is 0.411 e. The number of hydrogen-bond acceptors (Lipinski definition) is 3. The van der Waals surface area contributed by atoms with Crippen molar-refractivity contribution in [2.75, 3.05) is 0 Å². The van der Waals surface area contributed by atoms with Gasteiger partial charge in [0.2, 0.25) is 0 Å². The summed E-state index contributed by atoms with van der Waals surface area (Å²) in [6, 6.07) is 7.14. The Morgan fingerprint density at radius 3 is 2.38 bits per heavy atom. The second-order valence-corrected chi connectivity index (χ2v) is 3.81. The molecule has 0 bridgehead atoms. The molecule has 3 nitrogen and oxygen atoms in total. The third-order valence-electron chi connectivity index (χ3n) is 1.74. The Morgan fingerprint density at radius 2 is 1.92 bits per heavy atom. The topological polar surface area (TPSA) is 52.8 Å². The lowest BCUT2D eigenvalue weighted by molar-refractivity contribution is 0.134. The molecule has 4 heteroatoms. The average molecular weight is 244 g/mol. The van der Waals surface area contributed by atoms with Crippen LogP contribution in [0.25, 0.3) is 0 Å². The van der Waals surface area contributed by atoms with Crippen LogP contribution < -0.4 is 0 Å². The summed E-state index contributed by atoms with van der Waals surface area (Å²) in [7, 11) is 0. The zero-order valence-electron chi connectivity index (χ0n) is 7.11. The van der Waals surface area contributed by atoms with Crippen LogP contribution in [0, 0.1) is 0 Å². The number of aliphatic hydroxyl groups is 1. The Hall–Kier alpha value is -0.870. The molecule has 1 rings (SSSR count). The van der Waals surface area contributed by atoms with Crippen LogP contribution in [-0.4, -0.2) is 16.5 Å². The van der Waals surface area contributed by atoms with E-state index in [0.29, 0.717) is 5.56 Å². The van der Waals surface area contributed by atoms with Gasteiger partial charge >= 0.3 is 0 Å². The Bertz CT molecular complexity index is 306. The minimum atomic E-state index is -1.23. The van der Waals surface area contributed by atoms with E-state index < -0.39 is 5.60 Å². The van der Waals surface area contributed by atoms with E-state index in [2.05, 4.69) is 21.1 Å². The molecule has 0 radical (unpaired) electrons. The number of nitrogens with zero attached hydrogens (tertiary/aromatic N) is 1. The maximum atomic E-state index is 9.75. The molecule has 0 saturated carbocycles. The zero-order valence-corrected chi connectivity index (χ0v) is 8.69. The van der Waals surface area contributed by atoms with E-state index in [4.69, 9.17) is 5.21 Å². The molecule has 0 saturated heterocycles. The van der Waals surface area contributed by atoms with Gasteiger partial charge in [0.25, 0.3) is 0 Å². The third kappa shape index (κ3) is 2.54. The quantitative estimate of drug-likeness (QED) is 0.475. The normalized spacial score (nSPS) is 15.9. The van der Waals surface area contributed by atoms with E-state index in [-0.39, 0.29) is 0 Å². The van der Waals surface area contributed by atoms with Gasteiger partial charge < -0.3 is 10.3 Å². The predicted molar refractivity (Wildman–Crippen MR) is 54.0 cm³/mol. The number of rotatable bonds is 2. The smallest absolute Gasteiger partial charge is 0.125 e. The van der Waals surface area contributed by atoms with Crippen LogP contribution in [0.5, 0.6) is 0 Å². The first-order chi connectivity index (χ1) is 6.06. The number of benzene rings is 1. The van der Waals surface area contributed by atoms with Gasteiger partial charge in [0, 0.05) is 4.47 Å². The Labute approximate surface area is 84.8 Å². The van der Waals surface area contributed by atoms with E-state index in [9.17, 15) is 5.11 Å². The molecule has 1 aromatic carbocycles. The lowest BCUT2D eigenvalue weighted by Gasteiger charge is -2.17. The van der Waals surface area contributed by atoms with Crippen LogP contribution in [0.2, 0.25) is 0 Å². The van der Waals surface area contributed by atoms with E-state index in [0.717, 1.165) is 10.7 Å². The number of halogens is 1. The van der Waals surface area contributed by atoms with E-state index in [1.807, 2.05) is 12.1 Å². The van der Waals surface area contributed by atoms with E-state index in [1.165, 1.54) is 0 Å². The van der Waals surface area contributed by atoms with Gasteiger partial charge in [-0.3, -0.25) is 0 Å². The summed E-state index contributed by atoms with van der Waals surface area (Å²) < 4.78 is 0.938. The highest BCUT2D eigenvalue weighted by Gasteiger charge is 2.20. The molecule has 0 spiro atoms. The van der Waals surface area contributed by atoms with Crippen molar-refractivity contribution in [2.24, 2.45) is 5.16 Å². The van der Waals surface area contributed by atoms with Gasteiger partial charge in [0.1, 0.15) is 5.60 Å². The summed E-state index contributed by atoms with van der Waals surface area (Å²) in [6.07, 6.45) is 1.08. The highest BCUT2D eigenvalue weighted by Crippen LogP contribution is 2.20. The molecule has 13 heavy (non-hydrogen) atoms. The first kappa shape index (κ1) is 10.2. The SMILES string of the molecule is C[C@](O)(/C=N/O)c1ccc(Br)cc1. The van der Waals surface area contributed by atoms with Gasteiger partial charge in [-0.1, -0.05) is 33.2 Å². The number of hydrogen-bond donors (Lipinski definition) is 2. The highest BCUT2D eigenvalue weighted by atomic mass is 79.9. The van der Waals surface area contributed by atoms with Gasteiger partial charge in [-0.2, -0.15) is 0 Å². The summed E-state index contributed by atoms with van der Waals surface area (Å²) in [6.45, 7) is 1.55. The Balaban J connectivity index is 3.00. The van der Waals surface area contributed by atoms with Crippen LogP contribution in [-0.2, 0) is 5.60 Å². The minimum absolute atomic E-state index is 0.675. The van der Waals surface area contributed by atoms with Gasteiger partial charge in [0.05, 0.1) is 6.21 Å². The van der Waals surface area contributed by atoms with Crippen molar-refractivity contribution in [3.05, 3.63) is 34.3 Å². The molecule has 1 aromatic rings. The molecule has 0 aliphatic heterocycles. The van der Waals surface area contributed by atoms with Crippen LogP contribution in [0.1, 0.15) is 12.5 Å². The molecule has 0 fully saturated rings. The summed E-state index contributed by atoms with van der Waals surface area (Å²) in [5, 5.41) is 20.9. The lowest BCUT2D eigenvalue weighted by atomic mass is 9.98. The zero-order chi connectivity index (χ0) is 9.90. The highest BCUT2D eigenvalue weighted by molar-refractivity contribution is 9.10. The van der Waals surface area contributed by atoms with Crippen molar-refractivity contribution < 1.29 is 10.3 Å². The Kier molecular flexibility index (Phi) is 3.06. The molecule has 0 heterocycles. The summed E-state index contributed by atoms with van der Waals surface area (Å²) in [4.78, 5) is 0. The molecule has 0 aromatic heterocycles. The van der Waals surface area contributed by atoms with Crippen LogP contribution >= 0.6 is 15.9 Å². The van der Waals surface area contributed by atoms with Crippen molar-refractivity contribution >= 4 is 22.1 Å². The minimum Gasteiger partial charge on any atom is -0.411 e. The summed E-state index contributed by atoms with van der Waals surface area (Å²) in [5.74, 6) is 0. The van der Waals surface area contributed by atoms with E-state index >= 15 is 0 Å². The lowest BCUT2D eigenvalue weighted by Crippen LogP contribution is -2.22. The van der Waals surface area contributed by atoms with E-state index in [1.54, 1.807) is 19.1 Å². The monoisotopic (exact) mass is 243 g/mol. The molecule has 0 amide bonds. The van der Waals surface area contributed by atoms with Crippen molar-refractivity contribution in [2.45, 2.75) is 12.5 Å². The fourth-order valence-electron chi connectivity index (χ4n) is 0.974. The fourth-order valence-corrected chi connectivity index (χ4v) is 1.24. The standard InChI is InChI=1S/C9H10BrNO2/c1-9(12,6-11-13)7-2-4-8(10)5-3-7/h2-6,12-13H,1H3/b11-6+/t9-/m0/s1. The van der Waals surface area contributed by atoms with Crippen molar-refractivity contribution in [1.29, 1.82) is 0 Å². The maximum absolute atomic E-state index is 9.75. The first-order valence-electron chi connectivity index (χ1n) is 3.73. The van der Waals surface area contributed by atoms with Gasteiger partial charge in [-0.25, -0.2) is 0 Å². The third-order valence-corrected chi connectivity index (χ3v) is 2.27. The Morgan fingerprint density at radius 1 is 1.38 bits per heavy atom. The van der Waals surface area contributed by atoms with Crippen LogP contribution in [0.4, 0.5) is 0 Å². The molecule has 1 atom stereocenters. The van der Waals surface area contributed by atoms with Gasteiger partial charge in [0.15, 0.2) is 0 Å². The molecule has 70 valence electrons. The molecular formula is C9H10BrNO2. The number of oxime groups is 1. The summed E-state index contributed by atoms with van der Waals surface area (Å²) >= 11 is 3.29. The average Bonchev–Trinajstić information content (AvgIpc) is 2.05. The second kappa shape index (κ2) is 3.89. The summed E-state index contributed by atoms with van der Waals surface area (Å²) in [5.41, 5.74) is -0.552. The molecule has 0 aliphatic rings. The van der Waals surface area contributed by atoms with Crippen LogP contribution in [0.15, 0.2) is 33.9 Å². The molecule has 0 unspecified atom stereocenters.